The van der Waals surface area contributed by atoms with Gasteiger partial charge in [-0.05, 0) is 36.8 Å². The first-order chi connectivity index (χ1) is 9.65. The molecular weight excluding hydrogens is 274 g/mol. The quantitative estimate of drug-likeness (QED) is 0.920. The Bertz CT molecular complexity index is 630. The van der Waals surface area contributed by atoms with E-state index in [9.17, 15) is 0 Å². The van der Waals surface area contributed by atoms with Gasteiger partial charge >= 0.3 is 0 Å². The number of aryl methyl sites for hydroxylation is 1. The molecule has 0 amide bonds. The fraction of sp³-hybridized carbons (Fsp3) is 0.250. The Balaban J connectivity index is 1.81. The zero-order chi connectivity index (χ0) is 14.1. The van der Waals surface area contributed by atoms with Gasteiger partial charge in [0.25, 0.3) is 0 Å². The molecular formula is C16H16ClNO2. The summed E-state index contributed by atoms with van der Waals surface area (Å²) in [5.41, 5.74) is 8.24. The molecule has 0 radical (unpaired) electrons. The van der Waals surface area contributed by atoms with Gasteiger partial charge in [-0.1, -0.05) is 29.8 Å². The van der Waals surface area contributed by atoms with Crippen molar-refractivity contribution >= 4 is 11.6 Å². The second-order valence-corrected chi connectivity index (χ2v) is 5.35. The average molecular weight is 290 g/mol. The number of benzene rings is 2. The molecule has 2 unspecified atom stereocenters. The van der Waals surface area contributed by atoms with Crippen LogP contribution >= 0.6 is 11.6 Å². The van der Waals surface area contributed by atoms with Gasteiger partial charge in [0.2, 0.25) is 0 Å². The molecule has 1 aliphatic rings. The van der Waals surface area contributed by atoms with Crippen molar-refractivity contribution in [2.75, 3.05) is 6.61 Å². The van der Waals surface area contributed by atoms with Gasteiger partial charge in [-0.15, -0.1) is 0 Å². The van der Waals surface area contributed by atoms with Crippen LogP contribution in [0.3, 0.4) is 0 Å². The van der Waals surface area contributed by atoms with Crippen LogP contribution in [-0.2, 0) is 0 Å². The molecule has 2 atom stereocenters. The summed E-state index contributed by atoms with van der Waals surface area (Å²) in [4.78, 5) is 0. The second-order valence-electron chi connectivity index (χ2n) is 4.94. The Morgan fingerprint density at radius 3 is 2.85 bits per heavy atom. The molecule has 0 spiro atoms. The lowest BCUT2D eigenvalue weighted by Crippen LogP contribution is -2.40. The SMILES string of the molecule is Cc1cc(OC2COc3ccccc3C2N)ccc1Cl. The minimum atomic E-state index is -0.203. The van der Waals surface area contributed by atoms with Crippen LogP contribution in [0.15, 0.2) is 42.5 Å². The van der Waals surface area contributed by atoms with Crippen LogP contribution in [0.25, 0.3) is 0 Å². The van der Waals surface area contributed by atoms with E-state index in [2.05, 4.69) is 0 Å². The van der Waals surface area contributed by atoms with E-state index in [-0.39, 0.29) is 12.1 Å². The van der Waals surface area contributed by atoms with Crippen molar-refractivity contribution in [1.82, 2.24) is 0 Å². The monoisotopic (exact) mass is 289 g/mol. The smallest absolute Gasteiger partial charge is 0.152 e. The molecule has 0 saturated heterocycles. The maximum Gasteiger partial charge on any atom is 0.152 e. The molecule has 0 bridgehead atoms. The maximum absolute atomic E-state index is 6.28. The van der Waals surface area contributed by atoms with E-state index in [0.717, 1.165) is 27.6 Å². The van der Waals surface area contributed by atoms with Crippen molar-refractivity contribution in [2.24, 2.45) is 5.73 Å². The largest absolute Gasteiger partial charge is 0.489 e. The standard InChI is InChI=1S/C16H16ClNO2/c1-10-8-11(6-7-13(10)17)20-15-9-19-14-5-3-2-4-12(14)16(15)18/h2-8,15-16H,9,18H2,1H3. The predicted octanol–water partition coefficient (Wildman–Crippen LogP) is 3.49. The molecule has 2 aromatic rings. The van der Waals surface area contributed by atoms with Crippen LogP contribution in [0, 0.1) is 6.92 Å². The Labute approximate surface area is 123 Å². The number of halogens is 1. The van der Waals surface area contributed by atoms with Crippen LogP contribution < -0.4 is 15.2 Å². The molecule has 2 aromatic carbocycles. The lowest BCUT2D eigenvalue weighted by atomic mass is 9.99. The topological polar surface area (TPSA) is 44.5 Å². The predicted molar refractivity (Wildman–Crippen MR) is 79.5 cm³/mol. The van der Waals surface area contributed by atoms with Crippen LogP contribution in [0.1, 0.15) is 17.2 Å². The van der Waals surface area contributed by atoms with Crippen LogP contribution in [0.2, 0.25) is 5.02 Å². The molecule has 1 heterocycles. The summed E-state index contributed by atoms with van der Waals surface area (Å²) >= 11 is 6.01. The summed E-state index contributed by atoms with van der Waals surface area (Å²) < 4.78 is 11.7. The van der Waals surface area contributed by atoms with Gasteiger partial charge in [0.15, 0.2) is 6.10 Å². The van der Waals surface area contributed by atoms with Crippen LogP contribution in [0.4, 0.5) is 0 Å². The average Bonchev–Trinajstić information content (AvgIpc) is 2.46. The van der Waals surface area contributed by atoms with Gasteiger partial charge in [-0.2, -0.15) is 0 Å². The number of hydrogen-bond acceptors (Lipinski definition) is 3. The van der Waals surface area contributed by atoms with Gasteiger partial charge < -0.3 is 15.2 Å². The number of rotatable bonds is 2. The van der Waals surface area contributed by atoms with E-state index < -0.39 is 0 Å². The molecule has 0 fully saturated rings. The molecule has 0 aromatic heterocycles. The van der Waals surface area contributed by atoms with Crippen molar-refractivity contribution in [3.05, 3.63) is 58.6 Å². The van der Waals surface area contributed by atoms with Crippen LogP contribution in [-0.4, -0.2) is 12.7 Å². The molecule has 3 rings (SSSR count). The summed E-state index contributed by atoms with van der Waals surface area (Å²) in [6.45, 7) is 2.39. The summed E-state index contributed by atoms with van der Waals surface area (Å²) in [6, 6.07) is 13.2. The number of hydrogen-bond donors (Lipinski definition) is 1. The Morgan fingerprint density at radius 1 is 1.25 bits per heavy atom. The zero-order valence-electron chi connectivity index (χ0n) is 11.2. The summed E-state index contributed by atoms with van der Waals surface area (Å²) in [5, 5.41) is 0.729. The van der Waals surface area contributed by atoms with Gasteiger partial charge in [-0.25, -0.2) is 0 Å². The van der Waals surface area contributed by atoms with Crippen molar-refractivity contribution < 1.29 is 9.47 Å². The fourth-order valence-corrected chi connectivity index (χ4v) is 2.45. The van der Waals surface area contributed by atoms with E-state index in [0.29, 0.717) is 6.61 Å². The number of ether oxygens (including phenoxy) is 2. The van der Waals surface area contributed by atoms with Gasteiger partial charge in [-0.3, -0.25) is 0 Å². The van der Waals surface area contributed by atoms with Gasteiger partial charge in [0.1, 0.15) is 18.1 Å². The lowest BCUT2D eigenvalue weighted by Gasteiger charge is -2.31. The molecule has 0 saturated carbocycles. The highest BCUT2D eigenvalue weighted by molar-refractivity contribution is 6.31. The number of para-hydroxylation sites is 1. The molecule has 104 valence electrons. The molecule has 0 aliphatic carbocycles. The highest BCUT2D eigenvalue weighted by atomic mass is 35.5. The number of fused-ring (bicyclic) bond motifs is 1. The summed E-state index contributed by atoms with van der Waals surface area (Å²) in [6.07, 6.45) is -0.203. The molecule has 1 aliphatic heterocycles. The first-order valence-electron chi connectivity index (χ1n) is 6.55. The Hall–Kier alpha value is -1.71. The molecule has 2 N–H and O–H groups in total. The fourth-order valence-electron chi connectivity index (χ4n) is 2.34. The van der Waals surface area contributed by atoms with Crippen LogP contribution in [0.5, 0.6) is 11.5 Å². The Morgan fingerprint density at radius 2 is 2.05 bits per heavy atom. The van der Waals surface area contributed by atoms with Crippen molar-refractivity contribution in [1.29, 1.82) is 0 Å². The van der Waals surface area contributed by atoms with E-state index in [1.54, 1.807) is 0 Å². The third kappa shape index (κ3) is 2.47. The second kappa shape index (κ2) is 5.35. The van der Waals surface area contributed by atoms with E-state index >= 15 is 0 Å². The highest BCUT2D eigenvalue weighted by Crippen LogP contribution is 2.32. The third-order valence-corrected chi connectivity index (χ3v) is 3.92. The maximum atomic E-state index is 6.28. The first-order valence-corrected chi connectivity index (χ1v) is 6.93. The minimum Gasteiger partial charge on any atom is -0.489 e. The normalized spacial score (nSPS) is 20.9. The van der Waals surface area contributed by atoms with E-state index in [1.165, 1.54) is 0 Å². The summed E-state index contributed by atoms with van der Waals surface area (Å²) in [5.74, 6) is 1.60. The van der Waals surface area contributed by atoms with E-state index in [4.69, 9.17) is 26.8 Å². The van der Waals surface area contributed by atoms with Gasteiger partial charge in [0.05, 0.1) is 6.04 Å². The third-order valence-electron chi connectivity index (χ3n) is 3.50. The minimum absolute atomic E-state index is 0.198. The van der Waals surface area contributed by atoms with E-state index in [1.807, 2.05) is 49.4 Å². The molecule has 4 heteroatoms. The van der Waals surface area contributed by atoms with Crippen molar-refractivity contribution in [3.8, 4) is 11.5 Å². The molecule has 20 heavy (non-hydrogen) atoms. The lowest BCUT2D eigenvalue weighted by molar-refractivity contribution is 0.0877. The van der Waals surface area contributed by atoms with Gasteiger partial charge in [0, 0.05) is 10.6 Å². The van der Waals surface area contributed by atoms with Crippen molar-refractivity contribution in [2.45, 2.75) is 19.1 Å². The highest BCUT2D eigenvalue weighted by Gasteiger charge is 2.29. The Kier molecular flexibility index (Phi) is 3.55. The molecule has 3 nitrogen and oxygen atoms in total. The van der Waals surface area contributed by atoms with Crippen molar-refractivity contribution in [3.63, 3.8) is 0 Å². The first kappa shape index (κ1) is 13.3. The zero-order valence-corrected chi connectivity index (χ0v) is 11.9. The number of nitrogens with two attached hydrogens (primary N) is 1. The summed E-state index contributed by atoms with van der Waals surface area (Å²) in [7, 11) is 0.